The van der Waals surface area contributed by atoms with Crippen LogP contribution in [0.3, 0.4) is 0 Å². The second kappa shape index (κ2) is 7.07. The molecule has 7 heteroatoms. The molecular weight excluding hydrogens is 237 g/mol. The van der Waals surface area contributed by atoms with Gasteiger partial charge in [0.05, 0.1) is 12.8 Å². The first kappa shape index (κ1) is 14.6. The zero-order valence-electron chi connectivity index (χ0n) is 10.7. The number of hydrogen-bond acceptors (Lipinski definition) is 6. The second-order valence-electron chi connectivity index (χ2n) is 3.90. The van der Waals surface area contributed by atoms with Gasteiger partial charge in [-0.3, -0.25) is 5.43 Å². The van der Waals surface area contributed by atoms with E-state index >= 15 is 0 Å². The Labute approximate surface area is 106 Å². The highest BCUT2D eigenvalue weighted by Crippen LogP contribution is 2.21. The van der Waals surface area contributed by atoms with Crippen molar-refractivity contribution >= 4 is 11.8 Å². The first-order valence-electron chi connectivity index (χ1n) is 6.04. The SMILES string of the molecule is CCC(CC)N(CCO)c1nc(NN)ncc1F. The van der Waals surface area contributed by atoms with Crippen LogP contribution in [0.2, 0.25) is 0 Å². The zero-order valence-corrected chi connectivity index (χ0v) is 10.7. The first-order chi connectivity index (χ1) is 8.67. The lowest BCUT2D eigenvalue weighted by Gasteiger charge is -2.31. The quantitative estimate of drug-likeness (QED) is 0.496. The molecule has 0 saturated carbocycles. The van der Waals surface area contributed by atoms with E-state index in [1.165, 1.54) is 0 Å². The number of aliphatic hydroxyl groups excluding tert-OH is 1. The predicted molar refractivity (Wildman–Crippen MR) is 68.6 cm³/mol. The van der Waals surface area contributed by atoms with Crippen molar-refractivity contribution in [1.29, 1.82) is 0 Å². The van der Waals surface area contributed by atoms with Crippen molar-refractivity contribution in [3.8, 4) is 0 Å². The minimum Gasteiger partial charge on any atom is -0.395 e. The summed E-state index contributed by atoms with van der Waals surface area (Å²) in [5, 5.41) is 9.11. The molecule has 0 aromatic carbocycles. The van der Waals surface area contributed by atoms with Crippen molar-refractivity contribution < 1.29 is 9.50 Å². The lowest BCUT2D eigenvalue weighted by molar-refractivity contribution is 0.295. The van der Waals surface area contributed by atoms with Crippen LogP contribution in [0.5, 0.6) is 0 Å². The van der Waals surface area contributed by atoms with Crippen LogP contribution in [0.1, 0.15) is 26.7 Å². The van der Waals surface area contributed by atoms with E-state index in [1.54, 1.807) is 4.90 Å². The first-order valence-corrected chi connectivity index (χ1v) is 6.04. The highest BCUT2D eigenvalue weighted by atomic mass is 19.1. The number of nitrogen functional groups attached to an aromatic ring is 1. The Morgan fingerprint density at radius 1 is 1.50 bits per heavy atom. The molecule has 0 radical (unpaired) electrons. The van der Waals surface area contributed by atoms with Gasteiger partial charge in [-0.15, -0.1) is 0 Å². The van der Waals surface area contributed by atoms with E-state index in [0.717, 1.165) is 19.0 Å². The van der Waals surface area contributed by atoms with E-state index < -0.39 is 5.82 Å². The molecule has 1 aromatic rings. The van der Waals surface area contributed by atoms with Gasteiger partial charge in [0.2, 0.25) is 5.95 Å². The molecule has 0 atom stereocenters. The predicted octanol–water partition coefficient (Wildman–Crippen LogP) is 0.889. The molecule has 0 unspecified atom stereocenters. The fraction of sp³-hybridized carbons (Fsp3) is 0.636. The summed E-state index contributed by atoms with van der Waals surface area (Å²) < 4.78 is 13.8. The minimum absolute atomic E-state index is 0.0642. The van der Waals surface area contributed by atoms with Crippen LogP contribution in [0.15, 0.2) is 6.20 Å². The van der Waals surface area contributed by atoms with Crippen molar-refractivity contribution in [3.63, 3.8) is 0 Å². The molecule has 1 rings (SSSR count). The number of halogens is 1. The number of hydrogen-bond donors (Lipinski definition) is 3. The van der Waals surface area contributed by atoms with Gasteiger partial charge in [0.1, 0.15) is 0 Å². The number of aromatic nitrogens is 2. The number of hydrazine groups is 1. The second-order valence-corrected chi connectivity index (χ2v) is 3.90. The molecule has 0 aliphatic carbocycles. The van der Waals surface area contributed by atoms with Gasteiger partial charge in [-0.05, 0) is 12.8 Å². The molecule has 0 fully saturated rings. The van der Waals surface area contributed by atoms with Gasteiger partial charge >= 0.3 is 0 Å². The third kappa shape index (κ3) is 3.27. The third-order valence-electron chi connectivity index (χ3n) is 2.85. The number of nitrogens with two attached hydrogens (primary N) is 1. The molecular formula is C11H20FN5O. The molecule has 0 aliphatic rings. The van der Waals surface area contributed by atoms with Crippen molar-refractivity contribution in [2.45, 2.75) is 32.7 Å². The molecule has 1 heterocycles. The monoisotopic (exact) mass is 257 g/mol. The number of aliphatic hydroxyl groups is 1. The Hall–Kier alpha value is -1.47. The van der Waals surface area contributed by atoms with Crippen molar-refractivity contribution in [2.75, 3.05) is 23.5 Å². The fourth-order valence-electron chi connectivity index (χ4n) is 1.93. The van der Waals surface area contributed by atoms with Crippen molar-refractivity contribution in [2.24, 2.45) is 5.84 Å². The number of anilines is 2. The lowest BCUT2D eigenvalue weighted by Crippen LogP contribution is -2.38. The fourth-order valence-corrected chi connectivity index (χ4v) is 1.93. The normalized spacial score (nSPS) is 10.8. The van der Waals surface area contributed by atoms with Crippen molar-refractivity contribution in [3.05, 3.63) is 12.0 Å². The largest absolute Gasteiger partial charge is 0.395 e. The summed E-state index contributed by atoms with van der Waals surface area (Å²) in [4.78, 5) is 9.47. The standard InChI is InChI=1S/C11H20FN5O/c1-3-8(4-2)17(5-6-18)10-9(12)7-14-11(15-10)16-13/h7-8,18H,3-6,13H2,1-2H3,(H,14,15,16). The van der Waals surface area contributed by atoms with Crippen LogP contribution in [-0.4, -0.2) is 34.3 Å². The van der Waals surface area contributed by atoms with E-state index in [1.807, 2.05) is 13.8 Å². The van der Waals surface area contributed by atoms with E-state index in [2.05, 4.69) is 15.4 Å². The Morgan fingerprint density at radius 2 is 2.17 bits per heavy atom. The number of rotatable bonds is 7. The Morgan fingerprint density at radius 3 is 2.67 bits per heavy atom. The Kier molecular flexibility index (Phi) is 5.73. The van der Waals surface area contributed by atoms with Crippen LogP contribution in [0, 0.1) is 5.82 Å². The van der Waals surface area contributed by atoms with Gasteiger partial charge in [0.15, 0.2) is 11.6 Å². The van der Waals surface area contributed by atoms with Gasteiger partial charge in [0, 0.05) is 12.6 Å². The smallest absolute Gasteiger partial charge is 0.239 e. The molecule has 0 amide bonds. The number of nitrogens with zero attached hydrogens (tertiary/aromatic N) is 3. The molecule has 0 saturated heterocycles. The van der Waals surface area contributed by atoms with Crippen LogP contribution >= 0.6 is 0 Å². The Balaban J connectivity index is 3.10. The summed E-state index contributed by atoms with van der Waals surface area (Å²) in [5.41, 5.74) is 2.29. The summed E-state index contributed by atoms with van der Waals surface area (Å²) in [5.74, 6) is 5.02. The average Bonchev–Trinajstić information content (AvgIpc) is 2.40. The highest BCUT2D eigenvalue weighted by molar-refractivity contribution is 5.44. The van der Waals surface area contributed by atoms with E-state index in [-0.39, 0.29) is 24.4 Å². The maximum absolute atomic E-state index is 13.8. The van der Waals surface area contributed by atoms with Crippen molar-refractivity contribution in [1.82, 2.24) is 9.97 Å². The molecule has 102 valence electrons. The molecule has 0 aliphatic heterocycles. The molecule has 6 nitrogen and oxygen atoms in total. The van der Waals surface area contributed by atoms with Gasteiger partial charge in [-0.2, -0.15) is 4.98 Å². The average molecular weight is 257 g/mol. The van der Waals surface area contributed by atoms with Crippen LogP contribution in [0.25, 0.3) is 0 Å². The Bertz CT molecular complexity index is 372. The molecule has 0 spiro atoms. The molecule has 0 bridgehead atoms. The molecule has 4 N–H and O–H groups in total. The zero-order chi connectivity index (χ0) is 13.5. The highest BCUT2D eigenvalue weighted by Gasteiger charge is 2.20. The van der Waals surface area contributed by atoms with E-state index in [0.29, 0.717) is 6.54 Å². The maximum Gasteiger partial charge on any atom is 0.239 e. The van der Waals surface area contributed by atoms with E-state index in [9.17, 15) is 4.39 Å². The summed E-state index contributed by atoms with van der Waals surface area (Å²) in [7, 11) is 0. The summed E-state index contributed by atoms with van der Waals surface area (Å²) >= 11 is 0. The summed E-state index contributed by atoms with van der Waals surface area (Å²) in [6.45, 7) is 4.29. The maximum atomic E-state index is 13.8. The summed E-state index contributed by atoms with van der Waals surface area (Å²) in [6.07, 6.45) is 2.75. The number of nitrogens with one attached hydrogen (secondary N) is 1. The molecule has 1 aromatic heterocycles. The van der Waals surface area contributed by atoms with Gasteiger partial charge in [0.25, 0.3) is 0 Å². The third-order valence-corrected chi connectivity index (χ3v) is 2.85. The summed E-state index contributed by atoms with van der Waals surface area (Å²) in [6, 6.07) is 0.118. The van der Waals surface area contributed by atoms with Gasteiger partial charge in [-0.1, -0.05) is 13.8 Å². The lowest BCUT2D eigenvalue weighted by atomic mass is 10.1. The van der Waals surface area contributed by atoms with Gasteiger partial charge < -0.3 is 10.0 Å². The van der Waals surface area contributed by atoms with E-state index in [4.69, 9.17) is 10.9 Å². The van der Waals surface area contributed by atoms with Crippen LogP contribution in [-0.2, 0) is 0 Å². The minimum atomic E-state index is -0.519. The van der Waals surface area contributed by atoms with Gasteiger partial charge in [-0.25, -0.2) is 15.2 Å². The molecule has 18 heavy (non-hydrogen) atoms. The van der Waals surface area contributed by atoms with Crippen LogP contribution in [0.4, 0.5) is 16.2 Å². The van der Waals surface area contributed by atoms with Crippen LogP contribution < -0.4 is 16.2 Å². The topological polar surface area (TPSA) is 87.3 Å².